The van der Waals surface area contributed by atoms with Gasteiger partial charge in [0, 0.05) is 11.0 Å². The Morgan fingerprint density at radius 3 is 2.67 bits per heavy atom. The lowest BCUT2D eigenvalue weighted by molar-refractivity contribution is 0.281. The highest BCUT2D eigenvalue weighted by atomic mass is 79.9. The van der Waals surface area contributed by atoms with E-state index in [1.807, 2.05) is 0 Å². The van der Waals surface area contributed by atoms with E-state index in [4.69, 9.17) is 5.11 Å². The first-order valence-corrected chi connectivity index (χ1v) is 8.10. The lowest BCUT2D eigenvalue weighted by Crippen LogP contribution is -2.26. The Morgan fingerprint density at radius 1 is 1.50 bits per heavy atom. The minimum atomic E-state index is -3.47. The fraction of sp³-hybridized carbons (Fsp3) is 0.500. The van der Waals surface area contributed by atoms with Crippen molar-refractivity contribution in [2.45, 2.75) is 24.8 Å². The van der Waals surface area contributed by atoms with Crippen molar-refractivity contribution < 1.29 is 13.5 Å². The molecule has 1 aromatic rings. The molecule has 2 rings (SSSR count). The first-order chi connectivity index (χ1) is 8.44. The first kappa shape index (κ1) is 14.0. The monoisotopic (exact) mass is 333 g/mol. The van der Waals surface area contributed by atoms with Gasteiger partial charge in [-0.25, -0.2) is 13.1 Å². The maximum Gasteiger partial charge on any atom is 0.241 e. The molecule has 1 aliphatic carbocycles. The van der Waals surface area contributed by atoms with E-state index in [9.17, 15) is 8.42 Å². The molecular formula is C12H16BrNO3S. The molecule has 18 heavy (non-hydrogen) atoms. The molecule has 0 aromatic heterocycles. The predicted molar refractivity (Wildman–Crippen MR) is 72.5 cm³/mol. The van der Waals surface area contributed by atoms with Gasteiger partial charge in [0.15, 0.2) is 0 Å². The second kappa shape index (κ2) is 5.28. The molecule has 6 heteroatoms. The van der Waals surface area contributed by atoms with Crippen LogP contribution in [0.4, 0.5) is 0 Å². The Kier molecular flexibility index (Phi) is 4.11. The number of hydrogen-bond acceptors (Lipinski definition) is 3. The Labute approximate surface area is 116 Å². The van der Waals surface area contributed by atoms with Gasteiger partial charge < -0.3 is 5.11 Å². The van der Waals surface area contributed by atoms with E-state index in [1.165, 1.54) is 6.07 Å². The Balaban J connectivity index is 2.13. The largest absolute Gasteiger partial charge is 0.392 e. The summed E-state index contributed by atoms with van der Waals surface area (Å²) >= 11 is 3.23. The molecule has 1 saturated carbocycles. The summed E-state index contributed by atoms with van der Waals surface area (Å²) in [6, 6.07) is 4.74. The molecule has 1 aliphatic rings. The summed E-state index contributed by atoms with van der Waals surface area (Å²) in [5, 5.41) is 8.98. The maximum atomic E-state index is 12.1. The van der Waals surface area contributed by atoms with Gasteiger partial charge in [0.2, 0.25) is 10.0 Å². The number of sulfonamides is 1. The molecule has 2 unspecified atom stereocenters. The molecule has 0 heterocycles. The van der Waals surface area contributed by atoms with Crippen LogP contribution in [-0.2, 0) is 16.6 Å². The molecule has 0 saturated heterocycles. The van der Waals surface area contributed by atoms with E-state index >= 15 is 0 Å². The number of benzene rings is 1. The first-order valence-electron chi connectivity index (χ1n) is 5.83. The normalized spacial score (nSPS) is 23.1. The van der Waals surface area contributed by atoms with Gasteiger partial charge in [0.25, 0.3) is 0 Å². The summed E-state index contributed by atoms with van der Waals surface area (Å²) in [7, 11) is -3.47. The minimum Gasteiger partial charge on any atom is -0.392 e. The Bertz CT molecular complexity index is 544. The van der Waals surface area contributed by atoms with Crippen LogP contribution in [0.25, 0.3) is 0 Å². The van der Waals surface area contributed by atoms with Crippen molar-refractivity contribution in [3.8, 4) is 0 Å². The third-order valence-corrected chi connectivity index (χ3v) is 5.68. The molecule has 0 aliphatic heterocycles. The average Bonchev–Trinajstić information content (AvgIpc) is 3.02. The number of aliphatic hydroxyl groups is 1. The third-order valence-electron chi connectivity index (χ3n) is 3.28. The van der Waals surface area contributed by atoms with Gasteiger partial charge in [-0.2, -0.15) is 0 Å². The van der Waals surface area contributed by atoms with Gasteiger partial charge in [0.05, 0.1) is 11.5 Å². The second-order valence-electron chi connectivity index (χ2n) is 4.75. The van der Waals surface area contributed by atoms with E-state index in [0.29, 0.717) is 28.4 Å². The summed E-state index contributed by atoms with van der Waals surface area (Å²) in [6.07, 6.45) is 1.09. The SMILES string of the molecule is CC1CC1CNS(=O)(=O)c1ccc(CO)cc1Br. The molecule has 2 atom stereocenters. The van der Waals surface area contributed by atoms with E-state index in [2.05, 4.69) is 27.6 Å². The molecule has 1 fully saturated rings. The number of hydrogen-bond donors (Lipinski definition) is 2. The van der Waals surface area contributed by atoms with Crippen molar-refractivity contribution in [3.05, 3.63) is 28.2 Å². The van der Waals surface area contributed by atoms with Crippen LogP contribution in [0, 0.1) is 11.8 Å². The summed E-state index contributed by atoms with van der Waals surface area (Å²) in [5.74, 6) is 1.09. The molecule has 0 spiro atoms. The summed E-state index contributed by atoms with van der Waals surface area (Å²) in [4.78, 5) is 0.216. The van der Waals surface area contributed by atoms with Gasteiger partial charge in [-0.1, -0.05) is 13.0 Å². The maximum absolute atomic E-state index is 12.1. The molecule has 1 aromatic carbocycles. The van der Waals surface area contributed by atoms with Crippen LogP contribution in [-0.4, -0.2) is 20.1 Å². The zero-order valence-corrected chi connectivity index (χ0v) is 12.5. The number of rotatable bonds is 5. The van der Waals surface area contributed by atoms with Crippen LogP contribution in [0.5, 0.6) is 0 Å². The fourth-order valence-corrected chi connectivity index (χ4v) is 4.06. The molecule has 0 bridgehead atoms. The van der Waals surface area contributed by atoms with Gasteiger partial charge in [-0.15, -0.1) is 0 Å². The van der Waals surface area contributed by atoms with Gasteiger partial charge in [-0.05, 0) is 51.9 Å². The summed E-state index contributed by atoms with van der Waals surface area (Å²) < 4.78 is 27.3. The zero-order chi connectivity index (χ0) is 13.3. The highest BCUT2D eigenvalue weighted by Crippen LogP contribution is 2.37. The van der Waals surface area contributed by atoms with Crippen LogP contribution >= 0.6 is 15.9 Å². The molecule has 0 amide bonds. The van der Waals surface area contributed by atoms with Crippen molar-refractivity contribution in [3.63, 3.8) is 0 Å². The lowest BCUT2D eigenvalue weighted by Gasteiger charge is -2.09. The lowest BCUT2D eigenvalue weighted by atomic mass is 10.2. The van der Waals surface area contributed by atoms with Gasteiger partial charge >= 0.3 is 0 Å². The molecule has 0 radical (unpaired) electrons. The Morgan fingerprint density at radius 2 is 2.17 bits per heavy atom. The fourth-order valence-electron chi connectivity index (χ4n) is 1.84. The smallest absolute Gasteiger partial charge is 0.241 e. The third kappa shape index (κ3) is 3.12. The van der Waals surface area contributed by atoms with Crippen molar-refractivity contribution in [2.75, 3.05) is 6.54 Å². The predicted octanol–water partition coefficient (Wildman–Crippen LogP) is 1.88. The molecule has 2 N–H and O–H groups in total. The van der Waals surface area contributed by atoms with Gasteiger partial charge in [-0.3, -0.25) is 0 Å². The van der Waals surface area contributed by atoms with Crippen LogP contribution < -0.4 is 4.72 Å². The van der Waals surface area contributed by atoms with E-state index in [1.54, 1.807) is 12.1 Å². The topological polar surface area (TPSA) is 66.4 Å². The standard InChI is InChI=1S/C12H16BrNO3S/c1-8-4-10(8)6-14-18(16,17)12-3-2-9(7-15)5-11(12)13/h2-3,5,8,10,14-15H,4,6-7H2,1H3. The van der Waals surface area contributed by atoms with Crippen molar-refractivity contribution in [1.29, 1.82) is 0 Å². The zero-order valence-electron chi connectivity index (χ0n) is 10.1. The average molecular weight is 334 g/mol. The van der Waals surface area contributed by atoms with E-state index in [-0.39, 0.29) is 11.5 Å². The second-order valence-corrected chi connectivity index (χ2v) is 7.34. The van der Waals surface area contributed by atoms with Crippen LogP contribution in [0.1, 0.15) is 18.9 Å². The summed E-state index contributed by atoms with van der Waals surface area (Å²) in [5.41, 5.74) is 0.677. The quantitative estimate of drug-likeness (QED) is 0.864. The van der Waals surface area contributed by atoms with Crippen LogP contribution in [0.15, 0.2) is 27.6 Å². The highest BCUT2D eigenvalue weighted by molar-refractivity contribution is 9.10. The molecule has 100 valence electrons. The molecular weight excluding hydrogens is 318 g/mol. The summed E-state index contributed by atoms with van der Waals surface area (Å²) in [6.45, 7) is 2.51. The van der Waals surface area contributed by atoms with Crippen LogP contribution in [0.3, 0.4) is 0 Å². The minimum absolute atomic E-state index is 0.105. The Hall–Kier alpha value is -0.430. The van der Waals surface area contributed by atoms with Crippen molar-refractivity contribution >= 4 is 26.0 Å². The number of aliphatic hydroxyl groups excluding tert-OH is 1. The number of nitrogens with one attached hydrogen (secondary N) is 1. The van der Waals surface area contributed by atoms with Crippen molar-refractivity contribution in [2.24, 2.45) is 11.8 Å². The van der Waals surface area contributed by atoms with Crippen LogP contribution in [0.2, 0.25) is 0 Å². The van der Waals surface area contributed by atoms with Crippen molar-refractivity contribution in [1.82, 2.24) is 4.72 Å². The van der Waals surface area contributed by atoms with E-state index in [0.717, 1.165) is 6.42 Å². The highest BCUT2D eigenvalue weighted by Gasteiger charge is 2.33. The van der Waals surface area contributed by atoms with E-state index < -0.39 is 10.0 Å². The number of halogens is 1. The molecule has 4 nitrogen and oxygen atoms in total. The van der Waals surface area contributed by atoms with Gasteiger partial charge in [0.1, 0.15) is 0 Å².